The lowest BCUT2D eigenvalue weighted by Gasteiger charge is -2.17. The summed E-state index contributed by atoms with van der Waals surface area (Å²) in [6.45, 7) is 6.29. The van der Waals surface area contributed by atoms with Crippen molar-refractivity contribution in [3.63, 3.8) is 0 Å². The van der Waals surface area contributed by atoms with E-state index in [1.807, 2.05) is 6.92 Å². The van der Waals surface area contributed by atoms with E-state index in [1.54, 1.807) is 13.3 Å². The smallest absolute Gasteiger partial charge is 0.230 e. The number of methoxy groups -OCH3 is 1. The molecule has 4 heteroatoms. The molecule has 0 saturated carbocycles. The van der Waals surface area contributed by atoms with E-state index >= 15 is 0 Å². The molecule has 0 aliphatic rings. The zero-order valence-electron chi connectivity index (χ0n) is 11.2. The molecule has 0 aliphatic carbocycles. The molecule has 0 atom stereocenters. The predicted octanol–water partition coefficient (Wildman–Crippen LogP) is 3.36. The summed E-state index contributed by atoms with van der Waals surface area (Å²) in [7, 11) is 1.67. The van der Waals surface area contributed by atoms with Crippen molar-refractivity contribution in [1.29, 1.82) is 0 Å². The highest BCUT2D eigenvalue weighted by Crippen LogP contribution is 2.41. The van der Waals surface area contributed by atoms with E-state index in [2.05, 4.69) is 31.1 Å². The number of hydrogen-bond acceptors (Lipinski definition) is 4. The number of nitrogens with two attached hydrogens (primary N) is 1. The molecule has 0 saturated heterocycles. The largest absolute Gasteiger partial charge is 0.496 e. The van der Waals surface area contributed by atoms with E-state index in [-0.39, 0.29) is 0 Å². The van der Waals surface area contributed by atoms with Gasteiger partial charge in [0.2, 0.25) is 5.88 Å². The van der Waals surface area contributed by atoms with Gasteiger partial charge in [-0.25, -0.2) is 0 Å². The first-order valence-electron chi connectivity index (χ1n) is 5.94. The van der Waals surface area contributed by atoms with Gasteiger partial charge >= 0.3 is 0 Å². The first-order chi connectivity index (χ1) is 8.56. The maximum Gasteiger partial charge on any atom is 0.230 e. The fraction of sp³-hybridized carbons (Fsp3) is 0.357. The maximum absolute atomic E-state index is 5.81. The van der Waals surface area contributed by atoms with Gasteiger partial charge in [0.05, 0.1) is 18.9 Å². The third-order valence-corrected chi connectivity index (χ3v) is 3.09. The van der Waals surface area contributed by atoms with Crippen molar-refractivity contribution in [1.82, 2.24) is 5.16 Å². The molecule has 0 aliphatic heterocycles. The van der Waals surface area contributed by atoms with E-state index in [0.29, 0.717) is 11.8 Å². The van der Waals surface area contributed by atoms with E-state index in [1.165, 1.54) is 0 Å². The van der Waals surface area contributed by atoms with Crippen molar-refractivity contribution >= 4 is 5.88 Å². The number of hydrogen-bond donors (Lipinski definition) is 1. The Balaban J connectivity index is 2.73. The van der Waals surface area contributed by atoms with Crippen LogP contribution in [0, 0.1) is 6.92 Å². The Hall–Kier alpha value is -1.97. The van der Waals surface area contributed by atoms with E-state index in [9.17, 15) is 0 Å². The Labute approximate surface area is 107 Å². The number of ether oxygens (including phenoxy) is 1. The van der Waals surface area contributed by atoms with Gasteiger partial charge in [-0.1, -0.05) is 31.1 Å². The van der Waals surface area contributed by atoms with Crippen LogP contribution < -0.4 is 10.5 Å². The number of nitrogens with zero attached hydrogens (tertiary/aromatic N) is 1. The minimum Gasteiger partial charge on any atom is -0.496 e. The van der Waals surface area contributed by atoms with Crippen molar-refractivity contribution in [3.05, 3.63) is 29.5 Å². The molecule has 2 aromatic rings. The van der Waals surface area contributed by atoms with E-state index in [4.69, 9.17) is 15.0 Å². The summed E-state index contributed by atoms with van der Waals surface area (Å²) in [6.07, 6.45) is 1.63. The number of nitrogen functional groups attached to an aromatic ring is 1. The van der Waals surface area contributed by atoms with Gasteiger partial charge in [-0.3, -0.25) is 0 Å². The number of rotatable bonds is 3. The monoisotopic (exact) mass is 246 g/mol. The average Bonchev–Trinajstić information content (AvgIpc) is 2.74. The Kier molecular flexibility index (Phi) is 3.28. The van der Waals surface area contributed by atoms with Crippen LogP contribution in [0.1, 0.15) is 30.9 Å². The zero-order chi connectivity index (χ0) is 13.3. The number of aryl methyl sites for hydroxylation is 1. The normalized spacial score (nSPS) is 10.9. The second-order valence-electron chi connectivity index (χ2n) is 4.64. The highest BCUT2D eigenvalue weighted by atomic mass is 16.5. The standard InChI is InChI=1S/C14H18N2O2/c1-8(2)10-6-5-9(3)12(13(10)17-4)11-7-16-18-14(11)15/h5-8H,15H2,1-4H3. The van der Waals surface area contributed by atoms with Gasteiger partial charge in [0.15, 0.2) is 0 Å². The van der Waals surface area contributed by atoms with Crippen LogP contribution in [0.15, 0.2) is 22.9 Å². The second kappa shape index (κ2) is 4.72. The molecular formula is C14H18N2O2. The minimum absolute atomic E-state index is 0.317. The second-order valence-corrected chi connectivity index (χ2v) is 4.64. The Morgan fingerprint density at radius 1 is 1.33 bits per heavy atom. The fourth-order valence-corrected chi connectivity index (χ4v) is 2.14. The maximum atomic E-state index is 5.81. The van der Waals surface area contributed by atoms with Crippen molar-refractivity contribution in [3.8, 4) is 16.9 Å². The topological polar surface area (TPSA) is 61.3 Å². The van der Waals surface area contributed by atoms with Crippen LogP contribution in [0.2, 0.25) is 0 Å². The van der Waals surface area contributed by atoms with Crippen molar-refractivity contribution < 1.29 is 9.26 Å². The molecule has 1 aromatic carbocycles. The Bertz CT molecular complexity index is 559. The molecule has 96 valence electrons. The molecule has 0 fully saturated rings. The highest BCUT2D eigenvalue weighted by Gasteiger charge is 2.19. The molecular weight excluding hydrogens is 228 g/mol. The molecule has 1 aromatic heterocycles. The third-order valence-electron chi connectivity index (χ3n) is 3.09. The Morgan fingerprint density at radius 3 is 2.56 bits per heavy atom. The van der Waals surface area contributed by atoms with Crippen LogP contribution in [0.5, 0.6) is 5.75 Å². The Morgan fingerprint density at radius 2 is 2.06 bits per heavy atom. The molecule has 1 heterocycles. The molecule has 0 bridgehead atoms. The quantitative estimate of drug-likeness (QED) is 0.902. The molecule has 0 amide bonds. The predicted molar refractivity (Wildman–Crippen MR) is 71.7 cm³/mol. The lowest BCUT2D eigenvalue weighted by molar-refractivity contribution is 0.409. The summed E-state index contributed by atoms with van der Waals surface area (Å²) in [6, 6.07) is 4.16. The summed E-state index contributed by atoms with van der Waals surface area (Å²) < 4.78 is 10.5. The molecule has 0 spiro atoms. The number of aromatic nitrogens is 1. The number of benzene rings is 1. The van der Waals surface area contributed by atoms with Crippen molar-refractivity contribution in [2.75, 3.05) is 12.8 Å². The van der Waals surface area contributed by atoms with Gasteiger partial charge in [0.25, 0.3) is 0 Å². The minimum atomic E-state index is 0.317. The molecule has 0 radical (unpaired) electrons. The summed E-state index contributed by atoms with van der Waals surface area (Å²) >= 11 is 0. The SMILES string of the molecule is COc1c(C(C)C)ccc(C)c1-c1cnoc1N. The summed E-state index contributed by atoms with van der Waals surface area (Å²) in [4.78, 5) is 0. The lowest BCUT2D eigenvalue weighted by atomic mass is 9.93. The van der Waals surface area contributed by atoms with Crippen LogP contribution >= 0.6 is 0 Å². The van der Waals surface area contributed by atoms with E-state index in [0.717, 1.165) is 28.0 Å². The first kappa shape index (κ1) is 12.5. The molecule has 4 nitrogen and oxygen atoms in total. The third kappa shape index (κ3) is 1.94. The molecule has 18 heavy (non-hydrogen) atoms. The van der Waals surface area contributed by atoms with Crippen LogP contribution in [-0.2, 0) is 0 Å². The number of anilines is 1. The summed E-state index contributed by atoms with van der Waals surface area (Å²) in [5.74, 6) is 1.54. The van der Waals surface area contributed by atoms with Gasteiger partial charge in [-0.15, -0.1) is 0 Å². The molecule has 0 unspecified atom stereocenters. The van der Waals surface area contributed by atoms with E-state index < -0.39 is 0 Å². The average molecular weight is 246 g/mol. The zero-order valence-corrected chi connectivity index (χ0v) is 11.2. The van der Waals surface area contributed by atoms with Gasteiger partial charge in [0, 0.05) is 5.56 Å². The van der Waals surface area contributed by atoms with Crippen molar-refractivity contribution in [2.45, 2.75) is 26.7 Å². The summed E-state index contributed by atoms with van der Waals surface area (Å²) in [5, 5.41) is 3.73. The van der Waals surface area contributed by atoms with Gasteiger partial charge < -0.3 is 15.0 Å². The molecule has 2 rings (SSSR count). The van der Waals surface area contributed by atoms with Gasteiger partial charge in [-0.05, 0) is 24.0 Å². The van der Waals surface area contributed by atoms with Crippen LogP contribution in [0.3, 0.4) is 0 Å². The summed E-state index contributed by atoms with van der Waals surface area (Å²) in [5.41, 5.74) is 9.79. The van der Waals surface area contributed by atoms with Gasteiger partial charge in [0.1, 0.15) is 5.75 Å². The van der Waals surface area contributed by atoms with Gasteiger partial charge in [-0.2, -0.15) is 0 Å². The van der Waals surface area contributed by atoms with Crippen LogP contribution in [-0.4, -0.2) is 12.3 Å². The lowest BCUT2D eigenvalue weighted by Crippen LogP contribution is -1.99. The van der Waals surface area contributed by atoms with Crippen LogP contribution in [0.4, 0.5) is 5.88 Å². The first-order valence-corrected chi connectivity index (χ1v) is 5.94. The fourth-order valence-electron chi connectivity index (χ4n) is 2.14. The highest BCUT2D eigenvalue weighted by molar-refractivity contribution is 5.81. The molecule has 2 N–H and O–H groups in total. The van der Waals surface area contributed by atoms with Crippen LogP contribution in [0.25, 0.3) is 11.1 Å². The van der Waals surface area contributed by atoms with Crippen molar-refractivity contribution in [2.24, 2.45) is 0 Å².